The second kappa shape index (κ2) is 9.56. The Morgan fingerprint density at radius 2 is 1.78 bits per heavy atom. The van der Waals surface area contributed by atoms with E-state index in [1.165, 1.54) is 5.69 Å². The molecule has 2 aromatic carbocycles. The molecule has 8 nitrogen and oxygen atoms in total. The molecule has 0 N–H and O–H groups in total. The third kappa shape index (κ3) is 4.41. The minimum Gasteiger partial charge on any atom is -0.454 e. The second-order valence-electron chi connectivity index (χ2n) is 8.40. The van der Waals surface area contributed by atoms with Crippen LogP contribution in [0.4, 0.5) is 5.69 Å². The average molecular weight is 435 g/mol. The third-order valence-electron chi connectivity index (χ3n) is 6.33. The van der Waals surface area contributed by atoms with Crippen LogP contribution in [0.1, 0.15) is 43.6 Å². The first kappa shape index (κ1) is 20.8. The molecule has 0 spiro atoms. The van der Waals surface area contributed by atoms with Crippen molar-refractivity contribution in [1.29, 1.82) is 0 Å². The van der Waals surface area contributed by atoms with E-state index in [1.54, 1.807) is 0 Å². The molecule has 0 amide bonds. The maximum absolute atomic E-state index is 5.53. The average Bonchev–Trinajstić information content (AvgIpc) is 3.50. The van der Waals surface area contributed by atoms with E-state index in [-0.39, 0.29) is 12.8 Å². The molecule has 8 heteroatoms. The molecule has 0 radical (unpaired) electrons. The van der Waals surface area contributed by atoms with Crippen molar-refractivity contribution < 1.29 is 9.47 Å². The summed E-state index contributed by atoms with van der Waals surface area (Å²) in [6.07, 6.45) is 3.37. The highest BCUT2D eigenvalue weighted by molar-refractivity contribution is 5.46. The van der Waals surface area contributed by atoms with Gasteiger partial charge in [0.2, 0.25) is 6.79 Å². The Labute approximate surface area is 188 Å². The van der Waals surface area contributed by atoms with Crippen molar-refractivity contribution in [2.24, 2.45) is 0 Å². The number of rotatable bonds is 8. The Balaban J connectivity index is 1.31. The summed E-state index contributed by atoms with van der Waals surface area (Å²) in [5.41, 5.74) is 2.40. The smallest absolute Gasteiger partial charge is 0.231 e. The molecule has 2 aliphatic heterocycles. The molecule has 168 valence electrons. The largest absolute Gasteiger partial charge is 0.454 e. The lowest BCUT2D eigenvalue weighted by Gasteiger charge is -2.39. The van der Waals surface area contributed by atoms with Gasteiger partial charge < -0.3 is 14.4 Å². The highest BCUT2D eigenvalue weighted by atomic mass is 16.7. The van der Waals surface area contributed by atoms with Gasteiger partial charge in [-0.2, -0.15) is 0 Å². The minimum atomic E-state index is 0.219. The van der Waals surface area contributed by atoms with E-state index in [0.29, 0.717) is 6.54 Å². The van der Waals surface area contributed by atoms with E-state index in [1.807, 2.05) is 16.8 Å². The van der Waals surface area contributed by atoms with Gasteiger partial charge in [-0.15, -0.1) is 5.10 Å². The van der Waals surface area contributed by atoms with Gasteiger partial charge in [-0.25, -0.2) is 4.68 Å². The van der Waals surface area contributed by atoms with E-state index in [9.17, 15) is 0 Å². The molecule has 3 aromatic rings. The third-order valence-corrected chi connectivity index (χ3v) is 6.33. The van der Waals surface area contributed by atoms with Crippen LogP contribution in [-0.4, -0.2) is 58.1 Å². The predicted octanol–water partition coefficient (Wildman–Crippen LogP) is 3.50. The Bertz CT molecular complexity index is 1020. The zero-order chi connectivity index (χ0) is 21.8. The molecule has 32 heavy (non-hydrogen) atoms. The predicted molar refractivity (Wildman–Crippen MR) is 122 cm³/mol. The van der Waals surface area contributed by atoms with Gasteiger partial charge in [-0.05, 0) is 46.7 Å². The molecule has 1 saturated heterocycles. The molecule has 1 aromatic heterocycles. The molecule has 0 saturated carbocycles. The molecular formula is C24H30N6O2. The zero-order valence-corrected chi connectivity index (χ0v) is 18.6. The fourth-order valence-electron chi connectivity index (χ4n) is 4.58. The summed E-state index contributed by atoms with van der Waals surface area (Å²) in [4.78, 5) is 5.01. The van der Waals surface area contributed by atoms with Crippen molar-refractivity contribution in [2.45, 2.75) is 38.8 Å². The summed E-state index contributed by atoms with van der Waals surface area (Å²) in [5, 5.41) is 12.9. The van der Waals surface area contributed by atoms with Crippen molar-refractivity contribution in [3.8, 4) is 11.5 Å². The number of hydrogen-bond acceptors (Lipinski definition) is 7. The minimum absolute atomic E-state index is 0.219. The Hall–Kier alpha value is -3.13. The maximum atomic E-state index is 5.53. The quantitative estimate of drug-likeness (QED) is 0.537. The van der Waals surface area contributed by atoms with E-state index in [0.717, 1.165) is 68.3 Å². The topological polar surface area (TPSA) is 68.5 Å². The van der Waals surface area contributed by atoms with Crippen LogP contribution < -0.4 is 14.4 Å². The van der Waals surface area contributed by atoms with Gasteiger partial charge in [-0.3, -0.25) is 4.90 Å². The molecule has 1 atom stereocenters. The van der Waals surface area contributed by atoms with Crippen LogP contribution in [-0.2, 0) is 6.54 Å². The Kier molecular flexibility index (Phi) is 6.20. The number of piperazine rings is 1. The van der Waals surface area contributed by atoms with Gasteiger partial charge >= 0.3 is 0 Å². The van der Waals surface area contributed by atoms with Gasteiger partial charge in [0.25, 0.3) is 0 Å². The van der Waals surface area contributed by atoms with Crippen LogP contribution in [0.2, 0.25) is 0 Å². The van der Waals surface area contributed by atoms with Gasteiger partial charge in [-0.1, -0.05) is 44.0 Å². The number of fused-ring (bicyclic) bond motifs is 1. The van der Waals surface area contributed by atoms with Crippen LogP contribution in [0, 0.1) is 0 Å². The zero-order valence-electron chi connectivity index (χ0n) is 18.6. The second-order valence-corrected chi connectivity index (χ2v) is 8.40. The van der Waals surface area contributed by atoms with Crippen molar-refractivity contribution in [3.05, 3.63) is 59.9 Å². The molecule has 3 heterocycles. The summed E-state index contributed by atoms with van der Waals surface area (Å²) in [6, 6.07) is 16.9. The van der Waals surface area contributed by atoms with Gasteiger partial charge in [0, 0.05) is 31.9 Å². The normalized spacial score (nSPS) is 17.0. The lowest BCUT2D eigenvalue weighted by atomic mass is 10.1. The molecule has 0 unspecified atom stereocenters. The number of hydrogen-bond donors (Lipinski definition) is 0. The number of nitrogens with zero attached hydrogens (tertiary/aromatic N) is 6. The SMILES string of the molecule is CCCC[C@H](c1nnnn1Cc1ccc2c(c1)OCO2)N1CCN(c2ccccc2)CC1. The highest BCUT2D eigenvalue weighted by Crippen LogP contribution is 2.33. The number of tetrazole rings is 1. The molecule has 0 aliphatic carbocycles. The number of aromatic nitrogens is 4. The number of anilines is 1. The van der Waals surface area contributed by atoms with Crippen molar-refractivity contribution in [3.63, 3.8) is 0 Å². The van der Waals surface area contributed by atoms with Gasteiger partial charge in [0.15, 0.2) is 17.3 Å². The number of unbranched alkanes of at least 4 members (excludes halogenated alkanes) is 1. The fraction of sp³-hybridized carbons (Fsp3) is 0.458. The summed E-state index contributed by atoms with van der Waals surface area (Å²) >= 11 is 0. The number of benzene rings is 2. The Morgan fingerprint density at radius 3 is 2.59 bits per heavy atom. The van der Waals surface area contributed by atoms with Gasteiger partial charge in [0.1, 0.15) is 0 Å². The number of para-hydroxylation sites is 1. The van der Waals surface area contributed by atoms with Crippen LogP contribution >= 0.6 is 0 Å². The molecule has 1 fully saturated rings. The number of ether oxygens (including phenoxy) is 2. The molecular weight excluding hydrogens is 404 g/mol. The maximum Gasteiger partial charge on any atom is 0.231 e. The summed E-state index contributed by atoms with van der Waals surface area (Å²) < 4.78 is 12.9. The van der Waals surface area contributed by atoms with Gasteiger partial charge in [0.05, 0.1) is 12.6 Å². The van der Waals surface area contributed by atoms with Crippen LogP contribution in [0.15, 0.2) is 48.5 Å². The molecule has 0 bridgehead atoms. The molecule has 5 rings (SSSR count). The first-order valence-electron chi connectivity index (χ1n) is 11.5. The van der Waals surface area contributed by atoms with E-state index in [4.69, 9.17) is 9.47 Å². The fourth-order valence-corrected chi connectivity index (χ4v) is 4.58. The monoisotopic (exact) mass is 434 g/mol. The van der Waals surface area contributed by atoms with Crippen LogP contribution in [0.25, 0.3) is 0 Å². The summed E-state index contributed by atoms with van der Waals surface area (Å²) in [7, 11) is 0. The van der Waals surface area contributed by atoms with E-state index >= 15 is 0 Å². The summed E-state index contributed by atoms with van der Waals surface area (Å²) in [5.74, 6) is 2.53. The van der Waals surface area contributed by atoms with Crippen molar-refractivity contribution in [2.75, 3.05) is 37.9 Å². The van der Waals surface area contributed by atoms with Crippen LogP contribution in [0.5, 0.6) is 11.5 Å². The van der Waals surface area contributed by atoms with Crippen LogP contribution in [0.3, 0.4) is 0 Å². The van der Waals surface area contributed by atoms with E-state index in [2.05, 4.69) is 68.6 Å². The van der Waals surface area contributed by atoms with Crippen molar-refractivity contribution in [1.82, 2.24) is 25.1 Å². The Morgan fingerprint density at radius 1 is 0.969 bits per heavy atom. The highest BCUT2D eigenvalue weighted by Gasteiger charge is 2.29. The first-order chi connectivity index (χ1) is 15.8. The summed E-state index contributed by atoms with van der Waals surface area (Å²) in [6.45, 7) is 7.15. The lowest BCUT2D eigenvalue weighted by Crippen LogP contribution is -2.48. The van der Waals surface area contributed by atoms with E-state index < -0.39 is 0 Å². The standard InChI is InChI=1S/C24H30N6O2/c1-2-3-9-21(29-14-12-28(13-15-29)20-7-5-4-6-8-20)24-25-26-27-30(24)17-19-10-11-22-23(16-19)32-18-31-22/h4-8,10-11,16,21H,2-3,9,12-15,17-18H2,1H3/t21-/m1/s1. The van der Waals surface area contributed by atoms with Crippen molar-refractivity contribution >= 4 is 5.69 Å². The molecule has 2 aliphatic rings. The first-order valence-corrected chi connectivity index (χ1v) is 11.5. The lowest BCUT2D eigenvalue weighted by molar-refractivity contribution is 0.163.